The average Bonchev–Trinajstić information content (AvgIpc) is 2.48. The van der Waals surface area contributed by atoms with Crippen LogP contribution in [0.25, 0.3) is 0 Å². The van der Waals surface area contributed by atoms with Gasteiger partial charge in [-0.1, -0.05) is 6.92 Å². The largest absolute Gasteiger partial charge is 0.336 e. The van der Waals surface area contributed by atoms with Crippen molar-refractivity contribution in [2.45, 2.75) is 32.2 Å². The van der Waals surface area contributed by atoms with Crippen LogP contribution in [0.15, 0.2) is 0 Å². The smallest absolute Gasteiger partial charge is 0.281 e. The Labute approximate surface area is 139 Å². The van der Waals surface area contributed by atoms with Crippen LogP contribution in [0, 0.1) is 0 Å². The molecule has 9 heteroatoms. The van der Waals surface area contributed by atoms with Gasteiger partial charge in [-0.2, -0.15) is 17.0 Å². The van der Waals surface area contributed by atoms with Gasteiger partial charge in [0, 0.05) is 45.8 Å². The summed E-state index contributed by atoms with van der Waals surface area (Å²) in [6, 6.07) is 0.0122. The van der Waals surface area contributed by atoms with Crippen LogP contribution in [0.5, 0.6) is 0 Å². The second kappa shape index (κ2) is 8.44. The van der Waals surface area contributed by atoms with Crippen LogP contribution < -0.4 is 5.32 Å². The number of piperazine rings is 1. The number of amides is 1. The van der Waals surface area contributed by atoms with Crippen LogP contribution in [-0.4, -0.2) is 80.2 Å². The molecule has 0 spiro atoms. The van der Waals surface area contributed by atoms with Gasteiger partial charge in [-0.3, -0.25) is 4.79 Å². The van der Waals surface area contributed by atoms with Gasteiger partial charge in [-0.25, -0.2) is 0 Å². The highest BCUT2D eigenvalue weighted by Crippen LogP contribution is 2.20. The van der Waals surface area contributed by atoms with E-state index in [1.165, 1.54) is 8.61 Å². The maximum Gasteiger partial charge on any atom is 0.281 e. The van der Waals surface area contributed by atoms with Crippen molar-refractivity contribution in [3.05, 3.63) is 0 Å². The zero-order chi connectivity index (χ0) is 15.5. The second-order valence-corrected chi connectivity index (χ2v) is 7.78. The fraction of sp³-hybridized carbons (Fsp3) is 0.923. The molecule has 0 aromatic carbocycles. The lowest BCUT2D eigenvalue weighted by molar-refractivity contribution is -0.135. The summed E-state index contributed by atoms with van der Waals surface area (Å²) < 4.78 is 28.0. The Bertz CT molecular complexity index is 474. The minimum absolute atomic E-state index is 0. The number of carbonyl (C=O) groups excluding carboxylic acids is 1. The van der Waals surface area contributed by atoms with Gasteiger partial charge in [0.25, 0.3) is 10.2 Å². The van der Waals surface area contributed by atoms with Gasteiger partial charge in [-0.05, 0) is 19.3 Å². The van der Waals surface area contributed by atoms with Crippen LogP contribution in [0.4, 0.5) is 0 Å². The average molecular weight is 355 g/mol. The van der Waals surface area contributed by atoms with E-state index in [2.05, 4.69) is 5.32 Å². The predicted molar refractivity (Wildman–Crippen MR) is 88.3 cm³/mol. The number of halogens is 1. The quantitative estimate of drug-likeness (QED) is 0.747. The standard InChI is InChI=1S/C13H26N4O3S.ClH/c1-3-7-15(2)21(19,20)16-8-4-5-12(11-16)17-9-6-14-10-13(17)18;/h12,14H,3-11H2,1-2H3;1H. The van der Waals surface area contributed by atoms with Crippen molar-refractivity contribution < 1.29 is 13.2 Å². The molecule has 2 saturated heterocycles. The highest BCUT2D eigenvalue weighted by molar-refractivity contribution is 7.86. The van der Waals surface area contributed by atoms with Gasteiger partial charge < -0.3 is 10.2 Å². The number of nitrogens with zero attached hydrogens (tertiary/aromatic N) is 3. The van der Waals surface area contributed by atoms with Crippen LogP contribution >= 0.6 is 12.4 Å². The maximum absolute atomic E-state index is 12.5. The molecule has 1 amide bonds. The zero-order valence-electron chi connectivity index (χ0n) is 13.3. The molecule has 1 N–H and O–H groups in total. The molecule has 1 unspecified atom stereocenters. The normalized spacial score (nSPS) is 24.4. The third-order valence-corrected chi connectivity index (χ3v) is 6.14. The Kier molecular flexibility index (Phi) is 7.54. The zero-order valence-corrected chi connectivity index (χ0v) is 15.0. The van der Waals surface area contributed by atoms with Gasteiger partial charge in [0.05, 0.1) is 6.54 Å². The van der Waals surface area contributed by atoms with E-state index < -0.39 is 10.2 Å². The van der Waals surface area contributed by atoms with E-state index in [1.807, 2.05) is 11.8 Å². The monoisotopic (exact) mass is 354 g/mol. The molecule has 130 valence electrons. The summed E-state index contributed by atoms with van der Waals surface area (Å²) in [5.74, 6) is 0.0763. The van der Waals surface area contributed by atoms with Crippen LogP contribution in [0.2, 0.25) is 0 Å². The molecule has 0 aromatic rings. The molecule has 0 aromatic heterocycles. The van der Waals surface area contributed by atoms with Crippen molar-refractivity contribution in [1.29, 1.82) is 0 Å². The number of hydrogen-bond acceptors (Lipinski definition) is 4. The van der Waals surface area contributed by atoms with E-state index >= 15 is 0 Å². The molecule has 2 aliphatic rings. The summed E-state index contributed by atoms with van der Waals surface area (Å²) in [7, 11) is -1.78. The number of rotatable bonds is 5. The molecular weight excluding hydrogens is 328 g/mol. The lowest BCUT2D eigenvalue weighted by atomic mass is 10.1. The number of hydrogen-bond donors (Lipinski definition) is 1. The summed E-state index contributed by atoms with van der Waals surface area (Å²) in [4.78, 5) is 13.8. The predicted octanol–water partition coefficient (Wildman–Crippen LogP) is -0.109. The summed E-state index contributed by atoms with van der Waals surface area (Å²) in [5.41, 5.74) is 0. The molecule has 1 atom stereocenters. The molecule has 2 rings (SSSR count). The van der Waals surface area contributed by atoms with E-state index in [9.17, 15) is 13.2 Å². The van der Waals surface area contributed by atoms with E-state index in [4.69, 9.17) is 0 Å². The SMILES string of the molecule is CCCN(C)S(=O)(=O)N1CCCC(N2CCNCC2=O)C1.Cl. The van der Waals surface area contributed by atoms with Gasteiger partial charge >= 0.3 is 0 Å². The highest BCUT2D eigenvalue weighted by Gasteiger charge is 2.35. The fourth-order valence-corrected chi connectivity index (χ4v) is 4.55. The number of carbonyl (C=O) groups is 1. The van der Waals surface area contributed by atoms with Crippen molar-refractivity contribution in [3.63, 3.8) is 0 Å². The Hall–Kier alpha value is -0.410. The summed E-state index contributed by atoms with van der Waals surface area (Å²) in [6.45, 7) is 5.27. The van der Waals surface area contributed by atoms with Gasteiger partial charge in [-0.15, -0.1) is 12.4 Å². The number of nitrogens with one attached hydrogen (secondary N) is 1. The molecular formula is C13H27ClN4O3S. The van der Waals surface area contributed by atoms with Crippen LogP contribution in [0.1, 0.15) is 26.2 Å². The molecule has 0 saturated carbocycles. The van der Waals surface area contributed by atoms with Crippen molar-refractivity contribution in [3.8, 4) is 0 Å². The van der Waals surface area contributed by atoms with E-state index in [0.29, 0.717) is 32.7 Å². The third kappa shape index (κ3) is 4.32. The minimum Gasteiger partial charge on any atom is -0.336 e. The lowest BCUT2D eigenvalue weighted by Gasteiger charge is -2.41. The molecule has 0 aliphatic carbocycles. The first-order valence-corrected chi connectivity index (χ1v) is 9.08. The van der Waals surface area contributed by atoms with Crippen molar-refractivity contribution in [2.75, 3.05) is 46.3 Å². The van der Waals surface area contributed by atoms with Gasteiger partial charge in [0.1, 0.15) is 0 Å². The molecule has 2 heterocycles. The Balaban J connectivity index is 0.00000242. The van der Waals surface area contributed by atoms with Crippen LogP contribution in [0.3, 0.4) is 0 Å². The number of piperidine rings is 1. The molecule has 2 fully saturated rings. The van der Waals surface area contributed by atoms with Crippen molar-refractivity contribution in [1.82, 2.24) is 18.8 Å². The van der Waals surface area contributed by atoms with E-state index in [0.717, 1.165) is 25.8 Å². The minimum atomic E-state index is -3.40. The molecule has 0 radical (unpaired) electrons. The Morgan fingerprint density at radius 1 is 1.36 bits per heavy atom. The van der Waals surface area contributed by atoms with Crippen molar-refractivity contribution in [2.24, 2.45) is 0 Å². The van der Waals surface area contributed by atoms with Gasteiger partial charge in [0.15, 0.2) is 0 Å². The first-order chi connectivity index (χ1) is 9.96. The molecule has 0 bridgehead atoms. The molecule has 22 heavy (non-hydrogen) atoms. The van der Waals surface area contributed by atoms with E-state index in [-0.39, 0.29) is 24.4 Å². The van der Waals surface area contributed by atoms with Crippen LogP contribution in [-0.2, 0) is 15.0 Å². The van der Waals surface area contributed by atoms with Gasteiger partial charge in [0.2, 0.25) is 5.91 Å². The fourth-order valence-electron chi connectivity index (χ4n) is 3.02. The maximum atomic E-state index is 12.5. The summed E-state index contributed by atoms with van der Waals surface area (Å²) >= 11 is 0. The summed E-state index contributed by atoms with van der Waals surface area (Å²) in [6.07, 6.45) is 2.49. The molecule has 2 aliphatic heterocycles. The highest BCUT2D eigenvalue weighted by atomic mass is 35.5. The third-order valence-electron chi connectivity index (χ3n) is 4.18. The topological polar surface area (TPSA) is 73.0 Å². The Morgan fingerprint density at radius 2 is 2.09 bits per heavy atom. The first-order valence-electron chi connectivity index (χ1n) is 7.68. The van der Waals surface area contributed by atoms with E-state index in [1.54, 1.807) is 7.05 Å². The molecule has 7 nitrogen and oxygen atoms in total. The first kappa shape index (κ1) is 19.6. The van der Waals surface area contributed by atoms with Crippen molar-refractivity contribution >= 4 is 28.5 Å². The second-order valence-electron chi connectivity index (χ2n) is 5.75. The Morgan fingerprint density at radius 3 is 2.73 bits per heavy atom. The lowest BCUT2D eigenvalue weighted by Crippen LogP contribution is -2.58. The summed E-state index contributed by atoms with van der Waals surface area (Å²) in [5, 5.41) is 3.05.